The van der Waals surface area contributed by atoms with E-state index in [1.165, 1.54) is 17.8 Å². The topological polar surface area (TPSA) is 91.0 Å². The lowest BCUT2D eigenvalue weighted by Gasteiger charge is -2.10. The van der Waals surface area contributed by atoms with Gasteiger partial charge in [0.1, 0.15) is 12.2 Å². The predicted octanol–water partition coefficient (Wildman–Crippen LogP) is 1.85. The van der Waals surface area contributed by atoms with Crippen LogP contribution in [-0.2, 0) is 28.8 Å². The maximum Gasteiger partial charge on any atom is 0.433 e. The van der Waals surface area contributed by atoms with Gasteiger partial charge in [0.15, 0.2) is 5.69 Å². The Hall–Kier alpha value is -2.85. The van der Waals surface area contributed by atoms with Crippen LogP contribution in [0, 0.1) is 6.92 Å². The summed E-state index contributed by atoms with van der Waals surface area (Å²) in [5.74, 6) is -1.55. The quantitative estimate of drug-likeness (QED) is 0.823. The van der Waals surface area contributed by atoms with Gasteiger partial charge in [0.25, 0.3) is 0 Å². The van der Waals surface area contributed by atoms with E-state index in [1.807, 2.05) is 0 Å². The van der Waals surface area contributed by atoms with Gasteiger partial charge >= 0.3 is 12.1 Å². The van der Waals surface area contributed by atoms with Crippen molar-refractivity contribution in [3.8, 4) is 0 Å². The number of carbonyl (C=O) groups excluding carboxylic acids is 2. The van der Waals surface area contributed by atoms with Gasteiger partial charge in [-0.15, -0.1) is 0 Å². The monoisotopic (exact) mass is 359 g/mol. The molecule has 0 bridgehead atoms. The molecule has 1 N–H and O–H groups in total. The van der Waals surface area contributed by atoms with Gasteiger partial charge in [0.05, 0.1) is 18.5 Å². The first-order valence-electron chi connectivity index (χ1n) is 7.23. The van der Waals surface area contributed by atoms with Crippen LogP contribution in [0.15, 0.2) is 12.3 Å². The van der Waals surface area contributed by atoms with Crippen LogP contribution in [0.3, 0.4) is 0 Å². The van der Waals surface area contributed by atoms with E-state index in [4.69, 9.17) is 0 Å². The number of amides is 1. The van der Waals surface area contributed by atoms with Crippen molar-refractivity contribution in [3.05, 3.63) is 29.3 Å². The number of aryl methyl sites for hydroxylation is 2. The number of esters is 1. The van der Waals surface area contributed by atoms with Crippen LogP contribution in [-0.4, -0.2) is 38.5 Å². The Morgan fingerprint density at radius 1 is 1.32 bits per heavy atom. The maximum atomic E-state index is 12.9. The second-order valence-corrected chi connectivity index (χ2v) is 5.11. The number of hydrogen-bond acceptors (Lipinski definition) is 5. The third-order valence-electron chi connectivity index (χ3n) is 3.22. The number of aromatic nitrogens is 4. The first-order chi connectivity index (χ1) is 11.7. The molecule has 0 atom stereocenters. The Morgan fingerprint density at radius 3 is 2.56 bits per heavy atom. The van der Waals surface area contributed by atoms with Crippen LogP contribution in [0.25, 0.3) is 0 Å². The fourth-order valence-corrected chi connectivity index (χ4v) is 2.14. The molecule has 0 aliphatic rings. The van der Waals surface area contributed by atoms with Gasteiger partial charge in [-0.05, 0) is 19.9 Å². The Kier molecular flexibility index (Phi) is 5.14. The fraction of sp³-hybridized carbons (Fsp3) is 0.429. The van der Waals surface area contributed by atoms with Crippen LogP contribution in [0.2, 0.25) is 0 Å². The fourth-order valence-electron chi connectivity index (χ4n) is 2.14. The SMILES string of the molecule is CCn1cc(NC(=O)Cn2nc(C)cc2C(F)(F)F)c(C(=O)OC)n1. The van der Waals surface area contributed by atoms with Gasteiger partial charge in [0, 0.05) is 12.7 Å². The molecule has 136 valence electrons. The summed E-state index contributed by atoms with van der Waals surface area (Å²) in [5.41, 5.74) is -0.978. The zero-order chi connectivity index (χ0) is 18.8. The van der Waals surface area contributed by atoms with E-state index >= 15 is 0 Å². The third-order valence-corrected chi connectivity index (χ3v) is 3.22. The van der Waals surface area contributed by atoms with E-state index < -0.39 is 30.3 Å². The highest BCUT2D eigenvalue weighted by Gasteiger charge is 2.36. The summed E-state index contributed by atoms with van der Waals surface area (Å²) >= 11 is 0. The number of alkyl halides is 3. The molecule has 25 heavy (non-hydrogen) atoms. The summed E-state index contributed by atoms with van der Waals surface area (Å²) in [4.78, 5) is 23.8. The van der Waals surface area contributed by atoms with Crippen LogP contribution in [0.4, 0.5) is 18.9 Å². The molecule has 2 aromatic rings. The summed E-state index contributed by atoms with van der Waals surface area (Å²) in [6.07, 6.45) is -3.24. The van der Waals surface area contributed by atoms with Crippen LogP contribution in [0.1, 0.15) is 28.8 Å². The Balaban J connectivity index is 2.22. The van der Waals surface area contributed by atoms with Gasteiger partial charge in [0.2, 0.25) is 5.91 Å². The molecule has 2 rings (SSSR count). The van der Waals surface area contributed by atoms with Crippen molar-refractivity contribution < 1.29 is 27.5 Å². The number of halogens is 3. The van der Waals surface area contributed by atoms with E-state index in [0.717, 1.165) is 13.2 Å². The van der Waals surface area contributed by atoms with E-state index in [2.05, 4.69) is 20.3 Å². The number of ether oxygens (including phenoxy) is 1. The van der Waals surface area contributed by atoms with Gasteiger partial charge < -0.3 is 10.1 Å². The van der Waals surface area contributed by atoms with Crippen molar-refractivity contribution >= 4 is 17.6 Å². The number of carbonyl (C=O) groups is 2. The molecule has 11 heteroatoms. The highest BCUT2D eigenvalue weighted by molar-refractivity contribution is 5.99. The molecule has 2 heterocycles. The van der Waals surface area contributed by atoms with Gasteiger partial charge in [-0.25, -0.2) is 4.79 Å². The van der Waals surface area contributed by atoms with E-state index in [9.17, 15) is 22.8 Å². The Labute approximate surface area is 140 Å². The maximum absolute atomic E-state index is 12.9. The molecule has 0 aliphatic carbocycles. The minimum atomic E-state index is -4.63. The van der Waals surface area contributed by atoms with Gasteiger partial charge in [-0.1, -0.05) is 0 Å². The minimum Gasteiger partial charge on any atom is -0.464 e. The largest absolute Gasteiger partial charge is 0.464 e. The van der Waals surface area contributed by atoms with Crippen molar-refractivity contribution in [1.29, 1.82) is 0 Å². The molecular weight excluding hydrogens is 343 g/mol. The molecule has 0 fully saturated rings. The zero-order valence-electron chi connectivity index (χ0n) is 13.7. The minimum absolute atomic E-state index is 0.0520. The molecule has 0 saturated heterocycles. The van der Waals surface area contributed by atoms with Crippen LogP contribution in [0.5, 0.6) is 0 Å². The first-order valence-corrected chi connectivity index (χ1v) is 7.23. The van der Waals surface area contributed by atoms with Crippen molar-refractivity contribution in [3.63, 3.8) is 0 Å². The summed E-state index contributed by atoms with van der Waals surface area (Å²) in [7, 11) is 1.15. The van der Waals surface area contributed by atoms with Gasteiger partial charge in [-0.3, -0.25) is 14.2 Å². The lowest BCUT2D eigenvalue weighted by Crippen LogP contribution is -2.24. The van der Waals surface area contributed by atoms with E-state index in [1.54, 1.807) is 6.92 Å². The Bertz CT molecular complexity index is 794. The number of hydrogen-bond donors (Lipinski definition) is 1. The number of nitrogens with zero attached hydrogens (tertiary/aromatic N) is 4. The summed E-state index contributed by atoms with van der Waals surface area (Å²) in [6, 6.07) is 0.849. The van der Waals surface area contributed by atoms with E-state index in [0.29, 0.717) is 11.2 Å². The van der Waals surface area contributed by atoms with E-state index in [-0.39, 0.29) is 17.1 Å². The van der Waals surface area contributed by atoms with Crippen molar-refractivity contribution in [2.24, 2.45) is 0 Å². The summed E-state index contributed by atoms with van der Waals surface area (Å²) in [6.45, 7) is 2.92. The molecular formula is C14H16F3N5O3. The predicted molar refractivity (Wildman–Crippen MR) is 79.8 cm³/mol. The number of methoxy groups -OCH3 is 1. The normalized spacial score (nSPS) is 11.4. The molecule has 8 nitrogen and oxygen atoms in total. The summed E-state index contributed by atoms with van der Waals surface area (Å²) in [5, 5.41) is 9.99. The average molecular weight is 359 g/mol. The second-order valence-electron chi connectivity index (χ2n) is 5.11. The number of rotatable bonds is 5. The highest BCUT2D eigenvalue weighted by atomic mass is 19.4. The van der Waals surface area contributed by atoms with Crippen molar-refractivity contribution in [2.75, 3.05) is 12.4 Å². The smallest absolute Gasteiger partial charge is 0.433 e. The molecule has 0 spiro atoms. The molecule has 0 aromatic carbocycles. The van der Waals surface area contributed by atoms with Crippen molar-refractivity contribution in [2.45, 2.75) is 33.1 Å². The molecule has 2 aromatic heterocycles. The van der Waals surface area contributed by atoms with Crippen LogP contribution < -0.4 is 5.32 Å². The molecule has 0 unspecified atom stereocenters. The van der Waals surface area contributed by atoms with Crippen LogP contribution >= 0.6 is 0 Å². The Morgan fingerprint density at radius 2 is 2.00 bits per heavy atom. The lowest BCUT2D eigenvalue weighted by atomic mass is 10.3. The molecule has 0 radical (unpaired) electrons. The number of anilines is 1. The standard InChI is InChI=1S/C14H16F3N5O3/c1-4-21-6-9(12(20-21)13(24)25-3)18-11(23)7-22-10(14(15,16)17)5-8(2)19-22/h5-6H,4,7H2,1-3H3,(H,18,23). The molecule has 1 amide bonds. The highest BCUT2D eigenvalue weighted by Crippen LogP contribution is 2.29. The average Bonchev–Trinajstić information content (AvgIpc) is 3.09. The zero-order valence-corrected chi connectivity index (χ0v) is 13.7. The van der Waals surface area contributed by atoms with Gasteiger partial charge in [-0.2, -0.15) is 23.4 Å². The second kappa shape index (κ2) is 6.95. The number of nitrogens with one attached hydrogen (secondary N) is 1. The molecule has 0 saturated carbocycles. The lowest BCUT2D eigenvalue weighted by molar-refractivity contribution is -0.144. The molecule has 0 aliphatic heterocycles. The van der Waals surface area contributed by atoms with Crippen molar-refractivity contribution in [1.82, 2.24) is 19.6 Å². The summed E-state index contributed by atoms with van der Waals surface area (Å²) < 4.78 is 45.3. The third kappa shape index (κ3) is 4.17. The first kappa shape index (κ1) is 18.5.